The maximum Gasteiger partial charge on any atom is 0.254 e. The van der Waals surface area contributed by atoms with E-state index in [2.05, 4.69) is 16.3 Å². The fourth-order valence-electron chi connectivity index (χ4n) is 4.91. The molecule has 0 spiro atoms. The first-order valence-corrected chi connectivity index (χ1v) is 11.5. The van der Waals surface area contributed by atoms with Crippen molar-refractivity contribution in [1.29, 1.82) is 0 Å². The smallest absolute Gasteiger partial charge is 0.254 e. The monoisotopic (exact) mass is 441 g/mol. The number of halogens is 1. The van der Waals surface area contributed by atoms with Gasteiger partial charge in [0.25, 0.3) is 5.91 Å². The third-order valence-electron chi connectivity index (χ3n) is 6.74. The minimum absolute atomic E-state index is 0.137. The number of hydrogen-bond donors (Lipinski definition) is 1. The lowest BCUT2D eigenvalue weighted by atomic mass is 10.0. The van der Waals surface area contributed by atoms with Crippen LogP contribution in [0.5, 0.6) is 5.75 Å². The molecule has 2 aliphatic heterocycles. The predicted molar refractivity (Wildman–Crippen MR) is 126 cm³/mol. The Morgan fingerprint density at radius 2 is 1.87 bits per heavy atom. The standard InChI is InChI=1S/C25H32ClN3O2/c1-17-8-9-21(12-23(17)26)27-10-5-11-28-13-19-15-29(16-20(19)14-28)25(30)22-6-4-7-24(31-3)18(22)2/h4,6-9,12,19-20,27H,5,10-11,13-16H2,1-3H3. The number of ether oxygens (including phenoxy) is 1. The van der Waals surface area contributed by atoms with Crippen LogP contribution < -0.4 is 10.1 Å². The van der Waals surface area contributed by atoms with Crippen LogP contribution in [0, 0.1) is 25.7 Å². The van der Waals surface area contributed by atoms with Crippen LogP contribution in [-0.4, -0.2) is 62.1 Å². The molecule has 4 rings (SSSR count). The third kappa shape index (κ3) is 4.83. The molecule has 6 heteroatoms. The second-order valence-corrected chi connectivity index (χ2v) is 9.27. The van der Waals surface area contributed by atoms with Crippen molar-refractivity contribution >= 4 is 23.2 Å². The van der Waals surface area contributed by atoms with E-state index in [1.165, 1.54) is 0 Å². The van der Waals surface area contributed by atoms with Gasteiger partial charge in [-0.15, -0.1) is 0 Å². The Balaban J connectivity index is 1.23. The van der Waals surface area contributed by atoms with Crippen LogP contribution in [0.15, 0.2) is 36.4 Å². The van der Waals surface area contributed by atoms with E-state index >= 15 is 0 Å². The Morgan fingerprint density at radius 1 is 1.13 bits per heavy atom. The summed E-state index contributed by atoms with van der Waals surface area (Å²) in [6.45, 7) is 9.89. The van der Waals surface area contributed by atoms with E-state index < -0.39 is 0 Å². The van der Waals surface area contributed by atoms with Crippen molar-refractivity contribution in [3.05, 3.63) is 58.1 Å². The van der Waals surface area contributed by atoms with Crippen LogP contribution in [-0.2, 0) is 0 Å². The van der Waals surface area contributed by atoms with Gasteiger partial charge in [-0.25, -0.2) is 0 Å². The van der Waals surface area contributed by atoms with Crippen molar-refractivity contribution in [3.8, 4) is 5.75 Å². The summed E-state index contributed by atoms with van der Waals surface area (Å²) in [6, 6.07) is 11.8. The van der Waals surface area contributed by atoms with Crippen LogP contribution in [0.2, 0.25) is 5.02 Å². The number of anilines is 1. The number of aryl methyl sites for hydroxylation is 1. The quantitative estimate of drug-likeness (QED) is 0.644. The van der Waals surface area contributed by atoms with Crippen LogP contribution >= 0.6 is 11.6 Å². The highest BCUT2D eigenvalue weighted by atomic mass is 35.5. The first-order valence-electron chi connectivity index (χ1n) is 11.1. The van der Waals surface area contributed by atoms with Gasteiger partial charge in [0.05, 0.1) is 7.11 Å². The van der Waals surface area contributed by atoms with E-state index in [-0.39, 0.29) is 5.91 Å². The minimum Gasteiger partial charge on any atom is -0.496 e. The lowest BCUT2D eigenvalue weighted by Crippen LogP contribution is -2.34. The number of nitrogens with zero attached hydrogens (tertiary/aromatic N) is 2. The van der Waals surface area contributed by atoms with Crippen LogP contribution in [0.3, 0.4) is 0 Å². The van der Waals surface area contributed by atoms with E-state index in [0.29, 0.717) is 11.8 Å². The van der Waals surface area contributed by atoms with E-state index in [1.54, 1.807) is 7.11 Å². The Hall–Kier alpha value is -2.24. The average Bonchev–Trinajstić information content (AvgIpc) is 3.32. The summed E-state index contributed by atoms with van der Waals surface area (Å²) in [7, 11) is 1.65. The molecule has 1 amide bonds. The zero-order chi connectivity index (χ0) is 22.0. The molecule has 2 saturated heterocycles. The van der Waals surface area contributed by atoms with Gasteiger partial charge >= 0.3 is 0 Å². The summed E-state index contributed by atoms with van der Waals surface area (Å²) >= 11 is 6.20. The fraction of sp³-hybridized carbons (Fsp3) is 0.480. The van der Waals surface area contributed by atoms with E-state index in [1.807, 2.05) is 49.1 Å². The van der Waals surface area contributed by atoms with Gasteiger partial charge in [-0.1, -0.05) is 23.7 Å². The number of benzene rings is 2. The lowest BCUT2D eigenvalue weighted by Gasteiger charge is -2.22. The summed E-state index contributed by atoms with van der Waals surface area (Å²) in [5.74, 6) is 2.08. The minimum atomic E-state index is 0.137. The number of rotatable bonds is 7. The van der Waals surface area contributed by atoms with Gasteiger partial charge < -0.3 is 19.9 Å². The Labute approximate surface area is 190 Å². The highest BCUT2D eigenvalue weighted by molar-refractivity contribution is 6.31. The topological polar surface area (TPSA) is 44.8 Å². The lowest BCUT2D eigenvalue weighted by molar-refractivity contribution is 0.0773. The van der Waals surface area contributed by atoms with Crippen molar-refractivity contribution in [1.82, 2.24) is 9.80 Å². The van der Waals surface area contributed by atoms with E-state index in [9.17, 15) is 4.79 Å². The molecular weight excluding hydrogens is 410 g/mol. The maximum atomic E-state index is 13.1. The normalized spacial score (nSPS) is 20.7. The molecule has 0 radical (unpaired) electrons. The maximum absolute atomic E-state index is 13.1. The van der Waals surface area contributed by atoms with Crippen molar-refractivity contribution in [3.63, 3.8) is 0 Å². The number of fused-ring (bicyclic) bond motifs is 1. The summed E-state index contributed by atoms with van der Waals surface area (Å²) in [6.07, 6.45) is 1.09. The fourth-order valence-corrected chi connectivity index (χ4v) is 5.10. The molecular formula is C25H32ClN3O2. The molecule has 2 unspecified atom stereocenters. The number of methoxy groups -OCH3 is 1. The number of carbonyl (C=O) groups is 1. The summed E-state index contributed by atoms with van der Waals surface area (Å²) < 4.78 is 5.38. The van der Waals surface area contributed by atoms with Crippen molar-refractivity contribution in [2.45, 2.75) is 20.3 Å². The van der Waals surface area contributed by atoms with E-state index in [0.717, 1.165) is 78.8 Å². The van der Waals surface area contributed by atoms with Gasteiger partial charge in [0.15, 0.2) is 0 Å². The number of hydrogen-bond acceptors (Lipinski definition) is 4. The van der Waals surface area contributed by atoms with Gasteiger partial charge in [-0.3, -0.25) is 4.79 Å². The molecule has 0 aliphatic carbocycles. The van der Waals surface area contributed by atoms with E-state index in [4.69, 9.17) is 16.3 Å². The number of amides is 1. The molecule has 5 nitrogen and oxygen atoms in total. The SMILES string of the molecule is COc1cccc(C(=O)N2CC3CN(CCCNc4ccc(C)c(Cl)c4)CC3C2)c1C. The first kappa shape index (κ1) is 22.0. The number of likely N-dealkylation sites (tertiary alicyclic amines) is 2. The summed E-state index contributed by atoms with van der Waals surface area (Å²) in [5, 5.41) is 4.27. The molecule has 2 aromatic rings. The molecule has 1 N–H and O–H groups in total. The van der Waals surface area contributed by atoms with Crippen molar-refractivity contribution in [2.24, 2.45) is 11.8 Å². The Bertz CT molecular complexity index is 934. The van der Waals surface area contributed by atoms with Gasteiger partial charge in [0.2, 0.25) is 0 Å². The molecule has 0 saturated carbocycles. The molecule has 0 aromatic heterocycles. The molecule has 2 aliphatic rings. The largest absolute Gasteiger partial charge is 0.496 e. The second-order valence-electron chi connectivity index (χ2n) is 8.87. The molecule has 0 bridgehead atoms. The second kappa shape index (κ2) is 9.49. The van der Waals surface area contributed by atoms with Gasteiger partial charge in [0.1, 0.15) is 5.75 Å². The molecule has 166 valence electrons. The highest BCUT2D eigenvalue weighted by Gasteiger charge is 2.41. The summed E-state index contributed by atoms with van der Waals surface area (Å²) in [4.78, 5) is 17.7. The van der Waals surface area contributed by atoms with Crippen LogP contribution in [0.25, 0.3) is 0 Å². The Kier molecular flexibility index (Phi) is 6.73. The highest BCUT2D eigenvalue weighted by Crippen LogP contribution is 2.33. The zero-order valence-corrected chi connectivity index (χ0v) is 19.4. The Morgan fingerprint density at radius 3 is 2.55 bits per heavy atom. The van der Waals surface area contributed by atoms with Crippen LogP contribution in [0.4, 0.5) is 5.69 Å². The van der Waals surface area contributed by atoms with Crippen molar-refractivity contribution in [2.75, 3.05) is 51.7 Å². The number of carbonyl (C=O) groups excluding carboxylic acids is 1. The van der Waals surface area contributed by atoms with Gasteiger partial charge in [-0.2, -0.15) is 0 Å². The molecule has 2 aromatic carbocycles. The first-order chi connectivity index (χ1) is 15.0. The molecule has 2 fully saturated rings. The molecule has 31 heavy (non-hydrogen) atoms. The molecule has 2 atom stereocenters. The van der Waals surface area contributed by atoms with Crippen molar-refractivity contribution < 1.29 is 9.53 Å². The van der Waals surface area contributed by atoms with Gasteiger partial charge in [0, 0.05) is 54.6 Å². The zero-order valence-electron chi connectivity index (χ0n) is 18.7. The third-order valence-corrected chi connectivity index (χ3v) is 7.14. The average molecular weight is 442 g/mol. The molecule has 2 heterocycles. The van der Waals surface area contributed by atoms with Gasteiger partial charge in [-0.05, 0) is 68.5 Å². The summed E-state index contributed by atoms with van der Waals surface area (Å²) in [5.41, 5.74) is 3.87. The van der Waals surface area contributed by atoms with Crippen LogP contribution in [0.1, 0.15) is 27.9 Å². The predicted octanol–water partition coefficient (Wildman–Crippen LogP) is 4.47. The number of nitrogens with one attached hydrogen (secondary N) is 1.